The summed E-state index contributed by atoms with van der Waals surface area (Å²) in [5.74, 6) is 0.214. The number of H-pyrrole nitrogens is 1. The Balaban J connectivity index is 1.91. The molecular formula is C21H24ClN7O. The summed E-state index contributed by atoms with van der Waals surface area (Å²) in [6, 6.07) is 5.39. The summed E-state index contributed by atoms with van der Waals surface area (Å²) in [5.41, 5.74) is 9.01. The molecule has 0 saturated heterocycles. The van der Waals surface area contributed by atoms with Gasteiger partial charge in [-0.05, 0) is 39.3 Å². The number of aromatic nitrogens is 5. The molecule has 0 fully saturated rings. The molecular weight excluding hydrogens is 402 g/mol. The van der Waals surface area contributed by atoms with E-state index >= 15 is 0 Å². The fraction of sp³-hybridized carbons (Fsp3) is 0.333. The van der Waals surface area contributed by atoms with Crippen molar-refractivity contribution in [3.63, 3.8) is 0 Å². The molecule has 156 valence electrons. The summed E-state index contributed by atoms with van der Waals surface area (Å²) in [5, 5.41) is 9.62. The zero-order valence-electron chi connectivity index (χ0n) is 17.4. The van der Waals surface area contributed by atoms with Gasteiger partial charge >= 0.3 is 0 Å². The van der Waals surface area contributed by atoms with Crippen LogP contribution in [0.4, 0.5) is 5.82 Å². The van der Waals surface area contributed by atoms with Gasteiger partial charge in [-0.3, -0.25) is 4.79 Å². The predicted molar refractivity (Wildman–Crippen MR) is 120 cm³/mol. The molecule has 9 heteroatoms. The van der Waals surface area contributed by atoms with Gasteiger partial charge in [0.05, 0.1) is 21.6 Å². The maximum atomic E-state index is 12.3. The third-order valence-corrected chi connectivity index (χ3v) is 5.29. The van der Waals surface area contributed by atoms with E-state index in [0.29, 0.717) is 45.4 Å². The molecule has 4 rings (SSSR count). The summed E-state index contributed by atoms with van der Waals surface area (Å²) in [7, 11) is 0. The van der Waals surface area contributed by atoms with E-state index in [1.807, 2.05) is 38.4 Å². The minimum atomic E-state index is -0.319. The number of hydrogen-bond acceptors (Lipinski definition) is 5. The topological polar surface area (TPSA) is 115 Å². The van der Waals surface area contributed by atoms with Crippen molar-refractivity contribution < 1.29 is 4.79 Å². The average molecular weight is 426 g/mol. The largest absolute Gasteiger partial charge is 0.383 e. The van der Waals surface area contributed by atoms with Crippen LogP contribution >= 0.6 is 11.6 Å². The van der Waals surface area contributed by atoms with E-state index in [2.05, 4.69) is 20.3 Å². The number of nitrogen functional groups attached to an aromatic ring is 1. The Labute approximate surface area is 178 Å². The lowest BCUT2D eigenvalue weighted by atomic mass is 10.1. The van der Waals surface area contributed by atoms with E-state index in [9.17, 15) is 4.79 Å². The van der Waals surface area contributed by atoms with Gasteiger partial charge in [0, 0.05) is 23.0 Å². The predicted octanol–water partition coefficient (Wildman–Crippen LogP) is 4.11. The molecule has 0 spiro atoms. The van der Waals surface area contributed by atoms with E-state index in [4.69, 9.17) is 22.4 Å². The zero-order valence-corrected chi connectivity index (χ0v) is 18.1. The third-order valence-electron chi connectivity index (χ3n) is 4.90. The zero-order chi connectivity index (χ0) is 21.6. The lowest BCUT2D eigenvalue weighted by Crippen LogP contribution is -2.23. The molecule has 0 aliphatic carbocycles. The highest BCUT2D eigenvalue weighted by molar-refractivity contribution is 6.38. The molecule has 0 atom stereocenters. The van der Waals surface area contributed by atoms with Gasteiger partial charge in [-0.1, -0.05) is 24.6 Å². The van der Waals surface area contributed by atoms with Crippen molar-refractivity contribution >= 4 is 45.3 Å². The number of amides is 1. The number of carbonyl (C=O) groups is 1. The molecule has 0 aliphatic rings. The molecule has 8 nitrogen and oxygen atoms in total. The number of hydrogen-bond donors (Lipinski definition) is 3. The molecule has 3 heterocycles. The van der Waals surface area contributed by atoms with Gasteiger partial charge in [0.1, 0.15) is 17.8 Å². The second kappa shape index (κ2) is 7.28. The molecule has 4 N–H and O–H groups in total. The average Bonchev–Trinajstić information content (AvgIpc) is 3.25. The molecule has 0 radical (unpaired) electrons. The maximum absolute atomic E-state index is 12.3. The summed E-state index contributed by atoms with van der Waals surface area (Å²) in [6.07, 6.45) is 2.30. The van der Waals surface area contributed by atoms with E-state index in [-0.39, 0.29) is 11.4 Å². The number of halogens is 1. The number of anilines is 1. The lowest BCUT2D eigenvalue weighted by Gasteiger charge is -2.19. The van der Waals surface area contributed by atoms with Crippen LogP contribution in [0.3, 0.4) is 0 Å². The van der Waals surface area contributed by atoms with Gasteiger partial charge in [-0.15, -0.1) is 0 Å². The number of rotatable bonds is 4. The Morgan fingerprint density at radius 2 is 2.07 bits per heavy atom. The van der Waals surface area contributed by atoms with Crippen molar-refractivity contribution in [3.05, 3.63) is 35.1 Å². The Morgan fingerprint density at radius 3 is 2.77 bits per heavy atom. The molecule has 0 unspecified atom stereocenters. The van der Waals surface area contributed by atoms with Crippen molar-refractivity contribution in [2.24, 2.45) is 0 Å². The first kappa shape index (κ1) is 20.2. The van der Waals surface area contributed by atoms with Crippen LogP contribution in [0.15, 0.2) is 24.5 Å². The number of nitrogens with two attached hydrogens (primary N) is 1. The molecule has 0 bridgehead atoms. The lowest BCUT2D eigenvalue weighted by molar-refractivity contribution is 0.0954. The molecule has 1 aromatic carbocycles. The highest BCUT2D eigenvalue weighted by Crippen LogP contribution is 2.39. The summed E-state index contributed by atoms with van der Waals surface area (Å²) < 4.78 is 1.82. The highest BCUT2D eigenvalue weighted by Gasteiger charge is 2.26. The summed E-state index contributed by atoms with van der Waals surface area (Å²) >= 11 is 6.72. The SMILES string of the molecule is CCCNC(=O)c1ccc2c(Cl)c(-c3nn(C(C)(C)C)c4ncnc(N)c34)[nH]c2c1. The Bertz CT molecular complexity index is 1270. The van der Waals surface area contributed by atoms with Crippen LogP contribution in [-0.4, -0.2) is 37.2 Å². The van der Waals surface area contributed by atoms with Gasteiger partial charge in [-0.2, -0.15) is 5.10 Å². The van der Waals surface area contributed by atoms with Crippen molar-refractivity contribution in [1.29, 1.82) is 0 Å². The second-order valence-corrected chi connectivity index (χ2v) is 8.60. The van der Waals surface area contributed by atoms with Gasteiger partial charge in [0.15, 0.2) is 5.65 Å². The van der Waals surface area contributed by atoms with Crippen LogP contribution in [-0.2, 0) is 5.54 Å². The van der Waals surface area contributed by atoms with Crippen molar-refractivity contribution in [2.75, 3.05) is 12.3 Å². The van der Waals surface area contributed by atoms with Crippen LogP contribution in [0.2, 0.25) is 5.02 Å². The van der Waals surface area contributed by atoms with Crippen LogP contribution in [0.25, 0.3) is 33.3 Å². The molecule has 4 aromatic rings. The van der Waals surface area contributed by atoms with Crippen LogP contribution < -0.4 is 11.1 Å². The molecule has 1 amide bonds. The van der Waals surface area contributed by atoms with E-state index in [0.717, 1.165) is 17.3 Å². The Kier molecular flexibility index (Phi) is 4.89. The van der Waals surface area contributed by atoms with E-state index in [1.54, 1.807) is 12.1 Å². The monoisotopic (exact) mass is 425 g/mol. The van der Waals surface area contributed by atoms with Crippen molar-refractivity contribution in [3.8, 4) is 11.4 Å². The van der Waals surface area contributed by atoms with Crippen LogP contribution in [0, 0.1) is 0 Å². The van der Waals surface area contributed by atoms with Crippen LogP contribution in [0.5, 0.6) is 0 Å². The van der Waals surface area contributed by atoms with E-state index < -0.39 is 0 Å². The van der Waals surface area contributed by atoms with Gasteiger partial charge in [0.25, 0.3) is 5.91 Å². The number of benzene rings is 1. The van der Waals surface area contributed by atoms with Gasteiger partial charge in [0.2, 0.25) is 0 Å². The number of aromatic amines is 1. The Morgan fingerprint density at radius 1 is 1.30 bits per heavy atom. The Hall–Kier alpha value is -3.13. The first-order chi connectivity index (χ1) is 14.2. The van der Waals surface area contributed by atoms with Crippen LogP contribution in [0.1, 0.15) is 44.5 Å². The highest BCUT2D eigenvalue weighted by atomic mass is 35.5. The quantitative estimate of drug-likeness (QED) is 0.455. The first-order valence-electron chi connectivity index (χ1n) is 9.81. The molecule has 0 aliphatic heterocycles. The summed E-state index contributed by atoms with van der Waals surface area (Å²) in [6.45, 7) is 8.75. The van der Waals surface area contributed by atoms with Crippen molar-refractivity contribution in [2.45, 2.75) is 39.7 Å². The molecule has 0 saturated carbocycles. The first-order valence-corrected chi connectivity index (χ1v) is 10.2. The van der Waals surface area contributed by atoms with Crippen molar-refractivity contribution in [1.82, 2.24) is 30.0 Å². The molecule has 30 heavy (non-hydrogen) atoms. The number of carbonyl (C=O) groups excluding carboxylic acids is 1. The molecule has 3 aromatic heterocycles. The minimum absolute atomic E-state index is 0.119. The standard InChI is InChI=1S/C21H24ClN7O/c1-5-8-24-20(30)11-6-7-12-13(9-11)27-17(15(12)22)16-14-18(23)25-10-26-19(14)29(28-16)21(2,3)4/h6-7,9-10,27H,5,8H2,1-4H3,(H,24,30)(H2,23,25,26). The number of fused-ring (bicyclic) bond motifs is 2. The normalized spacial score (nSPS) is 12.0. The smallest absolute Gasteiger partial charge is 0.251 e. The third kappa shape index (κ3) is 3.27. The fourth-order valence-corrected chi connectivity index (χ4v) is 3.73. The van der Waals surface area contributed by atoms with E-state index in [1.165, 1.54) is 6.33 Å². The minimum Gasteiger partial charge on any atom is -0.383 e. The number of nitrogens with zero attached hydrogens (tertiary/aromatic N) is 4. The fourth-order valence-electron chi connectivity index (χ4n) is 3.43. The van der Waals surface area contributed by atoms with Gasteiger partial charge < -0.3 is 16.0 Å². The second-order valence-electron chi connectivity index (χ2n) is 8.22. The maximum Gasteiger partial charge on any atom is 0.251 e. The summed E-state index contributed by atoms with van der Waals surface area (Å²) in [4.78, 5) is 24.2. The van der Waals surface area contributed by atoms with Gasteiger partial charge in [-0.25, -0.2) is 14.6 Å². The number of nitrogens with one attached hydrogen (secondary N) is 2.